The third-order valence-electron chi connectivity index (χ3n) is 4.46. The minimum absolute atomic E-state index is 0.162. The first-order chi connectivity index (χ1) is 8.81. The molecule has 1 aliphatic carbocycles. The van der Waals surface area contributed by atoms with E-state index in [4.69, 9.17) is 0 Å². The molecule has 1 aliphatic heterocycles. The van der Waals surface area contributed by atoms with E-state index in [0.29, 0.717) is 12.5 Å². The quantitative estimate of drug-likeness (QED) is 0.741. The number of carbonyl (C=O) groups excluding carboxylic acids is 1. The number of nitrogens with one attached hydrogen (secondary N) is 3. The number of imidazole rings is 1. The molecule has 0 bridgehead atoms. The molecule has 0 radical (unpaired) electrons. The molecule has 0 spiro atoms. The number of carbonyl (C=O) groups is 1. The topological polar surface area (TPSA) is 69.8 Å². The Balaban J connectivity index is 1.66. The average molecular weight is 248 g/mol. The molecule has 2 heterocycles. The number of rotatable bonds is 3. The summed E-state index contributed by atoms with van der Waals surface area (Å²) in [5, 5.41) is 6.44. The summed E-state index contributed by atoms with van der Waals surface area (Å²) in [6, 6.07) is 0. The molecule has 1 amide bonds. The van der Waals surface area contributed by atoms with Crippen molar-refractivity contribution >= 4 is 5.91 Å². The minimum atomic E-state index is -0.162. The Morgan fingerprint density at radius 1 is 1.56 bits per heavy atom. The Kier molecular flexibility index (Phi) is 3.07. The number of amides is 1. The van der Waals surface area contributed by atoms with Crippen molar-refractivity contribution in [2.45, 2.75) is 32.2 Å². The molecule has 5 heteroatoms. The number of H-pyrrole nitrogens is 1. The van der Waals surface area contributed by atoms with Gasteiger partial charge in [0.15, 0.2) is 0 Å². The van der Waals surface area contributed by atoms with Crippen molar-refractivity contribution in [3.8, 4) is 0 Å². The lowest BCUT2D eigenvalue weighted by molar-refractivity contribution is -0.134. The lowest BCUT2D eigenvalue weighted by atomic mass is 9.67. The van der Waals surface area contributed by atoms with Crippen LogP contribution in [0.5, 0.6) is 0 Å². The van der Waals surface area contributed by atoms with Gasteiger partial charge in [-0.05, 0) is 25.3 Å². The van der Waals surface area contributed by atoms with Crippen molar-refractivity contribution in [2.24, 2.45) is 11.3 Å². The first-order valence-corrected chi connectivity index (χ1v) is 6.78. The van der Waals surface area contributed by atoms with Gasteiger partial charge in [0.2, 0.25) is 5.91 Å². The molecule has 3 rings (SSSR count). The van der Waals surface area contributed by atoms with E-state index < -0.39 is 0 Å². The van der Waals surface area contributed by atoms with Crippen LogP contribution in [-0.2, 0) is 11.3 Å². The zero-order valence-corrected chi connectivity index (χ0v) is 10.5. The van der Waals surface area contributed by atoms with Gasteiger partial charge in [-0.1, -0.05) is 12.8 Å². The molecule has 1 aromatic heterocycles. The zero-order valence-electron chi connectivity index (χ0n) is 10.5. The fourth-order valence-electron chi connectivity index (χ4n) is 3.43. The first kappa shape index (κ1) is 11.7. The van der Waals surface area contributed by atoms with E-state index >= 15 is 0 Å². The minimum Gasteiger partial charge on any atom is -0.348 e. The predicted octanol–water partition coefficient (Wildman–Crippen LogP) is 0.806. The summed E-state index contributed by atoms with van der Waals surface area (Å²) in [4.78, 5) is 19.6. The molecule has 1 saturated heterocycles. The molecule has 98 valence electrons. The van der Waals surface area contributed by atoms with Gasteiger partial charge < -0.3 is 15.6 Å². The van der Waals surface area contributed by atoms with Crippen molar-refractivity contribution in [2.75, 3.05) is 13.1 Å². The largest absolute Gasteiger partial charge is 0.348 e. The molecule has 0 unspecified atom stereocenters. The zero-order chi connectivity index (χ0) is 12.4. The van der Waals surface area contributed by atoms with Crippen molar-refractivity contribution in [3.05, 3.63) is 18.2 Å². The van der Waals surface area contributed by atoms with Gasteiger partial charge in [0.1, 0.15) is 5.82 Å². The Bertz CT molecular complexity index is 417. The second-order valence-corrected chi connectivity index (χ2v) is 5.45. The lowest BCUT2D eigenvalue weighted by Gasteiger charge is -2.37. The van der Waals surface area contributed by atoms with Crippen LogP contribution in [0, 0.1) is 11.3 Å². The Hall–Kier alpha value is -1.36. The lowest BCUT2D eigenvalue weighted by Crippen LogP contribution is -2.47. The number of hydrogen-bond acceptors (Lipinski definition) is 3. The number of hydrogen-bond donors (Lipinski definition) is 3. The third kappa shape index (κ3) is 1.92. The van der Waals surface area contributed by atoms with E-state index in [-0.39, 0.29) is 11.3 Å². The molecular formula is C13H20N4O. The summed E-state index contributed by atoms with van der Waals surface area (Å²) in [5.74, 6) is 1.54. The molecule has 2 aliphatic rings. The maximum atomic E-state index is 12.5. The maximum absolute atomic E-state index is 12.5. The predicted molar refractivity (Wildman–Crippen MR) is 67.7 cm³/mol. The molecule has 5 nitrogen and oxygen atoms in total. The number of aromatic nitrogens is 2. The Labute approximate surface area is 107 Å². The van der Waals surface area contributed by atoms with E-state index in [1.807, 2.05) is 0 Å². The molecule has 2 fully saturated rings. The molecular weight excluding hydrogens is 228 g/mol. The van der Waals surface area contributed by atoms with Gasteiger partial charge in [0.25, 0.3) is 0 Å². The standard InChI is InChI=1S/C13H20N4O/c18-12(17-8-11-15-5-6-16-11)13-4-2-1-3-10(13)7-14-9-13/h5-6,10,14H,1-4,7-9H2,(H,15,16)(H,17,18)/t10-,13+/m0/s1. The van der Waals surface area contributed by atoms with E-state index in [1.165, 1.54) is 19.3 Å². The van der Waals surface area contributed by atoms with Crippen LogP contribution in [0.4, 0.5) is 0 Å². The highest BCUT2D eigenvalue weighted by molar-refractivity contribution is 5.83. The van der Waals surface area contributed by atoms with Crippen LogP contribution in [-0.4, -0.2) is 29.0 Å². The number of nitrogens with zero attached hydrogens (tertiary/aromatic N) is 1. The summed E-state index contributed by atoms with van der Waals surface area (Å²) in [6.07, 6.45) is 8.13. The fraction of sp³-hybridized carbons (Fsp3) is 0.692. The molecule has 3 N–H and O–H groups in total. The van der Waals surface area contributed by atoms with Gasteiger partial charge in [-0.15, -0.1) is 0 Å². The smallest absolute Gasteiger partial charge is 0.228 e. The van der Waals surface area contributed by atoms with Gasteiger partial charge in [0.05, 0.1) is 12.0 Å². The summed E-state index contributed by atoms with van der Waals surface area (Å²) in [6.45, 7) is 2.33. The Morgan fingerprint density at radius 3 is 3.33 bits per heavy atom. The summed E-state index contributed by atoms with van der Waals surface area (Å²) < 4.78 is 0. The highest BCUT2D eigenvalue weighted by atomic mass is 16.2. The van der Waals surface area contributed by atoms with E-state index in [9.17, 15) is 4.79 Å². The summed E-state index contributed by atoms with van der Waals surface area (Å²) in [7, 11) is 0. The van der Waals surface area contributed by atoms with Crippen molar-refractivity contribution < 1.29 is 4.79 Å². The second-order valence-electron chi connectivity index (χ2n) is 5.45. The van der Waals surface area contributed by atoms with Crippen molar-refractivity contribution in [1.82, 2.24) is 20.6 Å². The fourth-order valence-corrected chi connectivity index (χ4v) is 3.43. The number of fused-ring (bicyclic) bond motifs is 1. The molecule has 1 saturated carbocycles. The van der Waals surface area contributed by atoms with Crippen molar-refractivity contribution in [3.63, 3.8) is 0 Å². The van der Waals surface area contributed by atoms with Crippen LogP contribution in [0.15, 0.2) is 12.4 Å². The Morgan fingerprint density at radius 2 is 2.50 bits per heavy atom. The van der Waals surface area contributed by atoms with Crippen LogP contribution in [0.3, 0.4) is 0 Å². The molecule has 0 aromatic carbocycles. The third-order valence-corrected chi connectivity index (χ3v) is 4.46. The van der Waals surface area contributed by atoms with Gasteiger partial charge in [0, 0.05) is 18.9 Å². The monoisotopic (exact) mass is 248 g/mol. The summed E-state index contributed by atoms with van der Waals surface area (Å²) >= 11 is 0. The normalized spacial score (nSPS) is 31.0. The number of aromatic amines is 1. The van der Waals surface area contributed by atoms with E-state index in [1.54, 1.807) is 12.4 Å². The summed E-state index contributed by atoms with van der Waals surface area (Å²) in [5.41, 5.74) is -0.162. The van der Waals surface area contributed by atoms with Crippen LogP contribution in [0.2, 0.25) is 0 Å². The first-order valence-electron chi connectivity index (χ1n) is 6.78. The highest BCUT2D eigenvalue weighted by Crippen LogP contribution is 2.43. The van der Waals surface area contributed by atoms with Gasteiger partial charge in [-0.3, -0.25) is 4.79 Å². The van der Waals surface area contributed by atoms with Gasteiger partial charge >= 0.3 is 0 Å². The van der Waals surface area contributed by atoms with Gasteiger partial charge in [-0.25, -0.2) is 4.98 Å². The van der Waals surface area contributed by atoms with E-state index in [2.05, 4.69) is 20.6 Å². The van der Waals surface area contributed by atoms with Crippen LogP contribution in [0.25, 0.3) is 0 Å². The highest BCUT2D eigenvalue weighted by Gasteiger charge is 2.49. The SMILES string of the molecule is O=C(NCc1ncc[nH]1)[C@@]12CCCC[C@H]1CNC2. The van der Waals surface area contributed by atoms with E-state index in [0.717, 1.165) is 25.3 Å². The molecule has 2 atom stereocenters. The van der Waals surface area contributed by atoms with Gasteiger partial charge in [-0.2, -0.15) is 0 Å². The molecule has 1 aromatic rings. The second kappa shape index (κ2) is 4.72. The van der Waals surface area contributed by atoms with Crippen molar-refractivity contribution in [1.29, 1.82) is 0 Å². The van der Waals surface area contributed by atoms with Crippen LogP contribution < -0.4 is 10.6 Å². The maximum Gasteiger partial charge on any atom is 0.228 e. The molecule has 18 heavy (non-hydrogen) atoms. The van der Waals surface area contributed by atoms with Crippen LogP contribution >= 0.6 is 0 Å². The average Bonchev–Trinajstić information content (AvgIpc) is 3.05. The van der Waals surface area contributed by atoms with Crippen LogP contribution in [0.1, 0.15) is 31.5 Å².